The maximum absolute atomic E-state index is 5.84. The Morgan fingerprint density at radius 2 is 2.31 bits per heavy atom. The van der Waals surface area contributed by atoms with Gasteiger partial charge in [0.2, 0.25) is 0 Å². The van der Waals surface area contributed by atoms with Crippen LogP contribution in [0.2, 0.25) is 0 Å². The number of rotatable bonds is 3. The summed E-state index contributed by atoms with van der Waals surface area (Å²) < 4.78 is 0. The largest absolute Gasteiger partial charge is 0.322 e. The van der Waals surface area contributed by atoms with E-state index in [2.05, 4.69) is 11.6 Å². The fourth-order valence-corrected chi connectivity index (χ4v) is 1.07. The van der Waals surface area contributed by atoms with E-state index in [0.29, 0.717) is 0 Å². The second kappa shape index (κ2) is 5.73. The number of halogens is 1. The fraction of sp³-hybridized carbons (Fsp3) is 0.300. The van der Waals surface area contributed by atoms with E-state index >= 15 is 0 Å². The van der Waals surface area contributed by atoms with Crippen molar-refractivity contribution in [3.8, 4) is 0 Å². The minimum atomic E-state index is -0.0117. The summed E-state index contributed by atoms with van der Waals surface area (Å²) in [5, 5.41) is 0. The lowest BCUT2D eigenvalue weighted by Gasteiger charge is -2.08. The molecule has 1 aromatic rings. The molecule has 13 heavy (non-hydrogen) atoms. The number of aromatic nitrogens is 1. The van der Waals surface area contributed by atoms with Crippen LogP contribution in [0.1, 0.15) is 23.9 Å². The molecule has 0 radical (unpaired) electrons. The quantitative estimate of drug-likeness (QED) is 0.758. The zero-order chi connectivity index (χ0) is 8.97. The first-order chi connectivity index (χ1) is 5.74. The van der Waals surface area contributed by atoms with Crippen molar-refractivity contribution in [1.29, 1.82) is 0 Å². The Labute approximate surface area is 85.3 Å². The summed E-state index contributed by atoms with van der Waals surface area (Å²) in [7, 11) is 0. The molecule has 0 saturated carbocycles. The summed E-state index contributed by atoms with van der Waals surface area (Å²) in [6.07, 6.45) is 2.59. The second-order valence-electron chi connectivity index (χ2n) is 2.83. The van der Waals surface area contributed by atoms with Gasteiger partial charge in [0, 0.05) is 5.69 Å². The molecule has 0 aromatic carbocycles. The molecule has 2 nitrogen and oxygen atoms in total. The normalized spacial score (nSPS) is 11.5. The van der Waals surface area contributed by atoms with Crippen molar-refractivity contribution in [2.45, 2.75) is 19.4 Å². The Morgan fingerprint density at radius 1 is 1.62 bits per heavy atom. The molecule has 72 valence electrons. The first kappa shape index (κ1) is 12.1. The summed E-state index contributed by atoms with van der Waals surface area (Å²) in [6, 6.07) is 5.87. The minimum Gasteiger partial charge on any atom is -0.322 e. The van der Waals surface area contributed by atoms with Crippen molar-refractivity contribution < 1.29 is 0 Å². The highest BCUT2D eigenvalue weighted by atomic mass is 35.5. The molecule has 1 aromatic heterocycles. The minimum absolute atomic E-state index is 0. The predicted molar refractivity (Wildman–Crippen MR) is 58.0 cm³/mol. The van der Waals surface area contributed by atoms with Crippen LogP contribution < -0.4 is 5.73 Å². The van der Waals surface area contributed by atoms with Crippen LogP contribution >= 0.6 is 12.4 Å². The Hall–Kier alpha value is -0.860. The van der Waals surface area contributed by atoms with Gasteiger partial charge in [0.15, 0.2) is 0 Å². The lowest BCUT2D eigenvalue weighted by atomic mass is 10.1. The summed E-state index contributed by atoms with van der Waals surface area (Å²) in [6.45, 7) is 5.60. The van der Waals surface area contributed by atoms with Crippen LogP contribution in [0.25, 0.3) is 0 Å². The molecule has 1 heterocycles. The van der Waals surface area contributed by atoms with Crippen molar-refractivity contribution in [3.05, 3.63) is 42.2 Å². The van der Waals surface area contributed by atoms with Crippen molar-refractivity contribution >= 4 is 12.4 Å². The van der Waals surface area contributed by atoms with Crippen molar-refractivity contribution in [3.63, 3.8) is 0 Å². The maximum atomic E-state index is 5.84. The van der Waals surface area contributed by atoms with E-state index in [-0.39, 0.29) is 18.4 Å². The van der Waals surface area contributed by atoms with Gasteiger partial charge in [-0.25, -0.2) is 0 Å². The molecule has 2 N–H and O–H groups in total. The number of hydrogen-bond acceptors (Lipinski definition) is 2. The standard InChI is InChI=1S/C10H14N2.ClH/c1-3-5-9(11)10-7-4-6-8(2)12-10;/h3-4,6-7,9H,1,5,11H2,2H3;1H/t9-;/m0./s1. The van der Waals surface area contributed by atoms with Crippen molar-refractivity contribution in [2.75, 3.05) is 0 Å². The van der Waals surface area contributed by atoms with Gasteiger partial charge >= 0.3 is 0 Å². The molecule has 1 atom stereocenters. The third kappa shape index (κ3) is 3.57. The molecule has 0 aliphatic rings. The van der Waals surface area contributed by atoms with Gasteiger partial charge in [-0.15, -0.1) is 19.0 Å². The monoisotopic (exact) mass is 198 g/mol. The Bertz CT molecular complexity index is 273. The molecule has 3 heteroatoms. The van der Waals surface area contributed by atoms with Crippen LogP contribution in [0.15, 0.2) is 30.9 Å². The van der Waals surface area contributed by atoms with E-state index in [4.69, 9.17) is 5.73 Å². The topological polar surface area (TPSA) is 38.9 Å². The third-order valence-corrected chi connectivity index (χ3v) is 1.71. The molecule has 1 rings (SSSR count). The lowest BCUT2D eigenvalue weighted by molar-refractivity contribution is 0.710. The maximum Gasteiger partial charge on any atom is 0.0577 e. The van der Waals surface area contributed by atoms with E-state index in [1.54, 1.807) is 0 Å². The third-order valence-electron chi connectivity index (χ3n) is 1.71. The molecule has 0 aliphatic carbocycles. The van der Waals surface area contributed by atoms with Gasteiger partial charge < -0.3 is 5.73 Å². The van der Waals surface area contributed by atoms with Crippen LogP contribution in [0, 0.1) is 6.92 Å². The zero-order valence-electron chi connectivity index (χ0n) is 7.73. The van der Waals surface area contributed by atoms with Crippen LogP contribution in [0.4, 0.5) is 0 Å². The molecule has 0 fully saturated rings. The van der Waals surface area contributed by atoms with E-state index in [1.165, 1.54) is 0 Å². The molecule has 0 amide bonds. The predicted octanol–water partition coefficient (Wildman–Crippen LogP) is 2.39. The number of nitrogens with two attached hydrogens (primary N) is 1. The van der Waals surface area contributed by atoms with Gasteiger partial charge in [0.05, 0.1) is 11.7 Å². The van der Waals surface area contributed by atoms with Gasteiger partial charge in [-0.3, -0.25) is 4.98 Å². The first-order valence-corrected chi connectivity index (χ1v) is 4.04. The average molecular weight is 199 g/mol. The second-order valence-corrected chi connectivity index (χ2v) is 2.83. The molecule has 0 bridgehead atoms. The Kier molecular flexibility index (Phi) is 5.35. The smallest absolute Gasteiger partial charge is 0.0577 e. The van der Waals surface area contributed by atoms with Crippen LogP contribution in [0.5, 0.6) is 0 Å². The number of pyridine rings is 1. The average Bonchev–Trinajstić information content (AvgIpc) is 2.05. The van der Waals surface area contributed by atoms with Gasteiger partial charge in [0.1, 0.15) is 0 Å². The van der Waals surface area contributed by atoms with E-state index in [1.807, 2.05) is 31.2 Å². The molecular formula is C10H15ClN2. The summed E-state index contributed by atoms with van der Waals surface area (Å²) in [4.78, 5) is 4.32. The van der Waals surface area contributed by atoms with Crippen LogP contribution in [-0.2, 0) is 0 Å². The fourth-order valence-electron chi connectivity index (χ4n) is 1.07. The van der Waals surface area contributed by atoms with Crippen LogP contribution in [0.3, 0.4) is 0 Å². The SMILES string of the molecule is C=CC[C@H](N)c1cccc(C)n1.Cl. The lowest BCUT2D eigenvalue weighted by Crippen LogP contribution is -2.11. The van der Waals surface area contributed by atoms with E-state index in [0.717, 1.165) is 17.8 Å². The van der Waals surface area contributed by atoms with Crippen molar-refractivity contribution in [1.82, 2.24) is 4.98 Å². The molecule has 0 spiro atoms. The highest BCUT2D eigenvalue weighted by Gasteiger charge is 2.03. The first-order valence-electron chi connectivity index (χ1n) is 4.04. The van der Waals surface area contributed by atoms with Crippen molar-refractivity contribution in [2.24, 2.45) is 5.73 Å². The van der Waals surface area contributed by atoms with Gasteiger partial charge in [0.25, 0.3) is 0 Å². The highest BCUT2D eigenvalue weighted by molar-refractivity contribution is 5.85. The zero-order valence-corrected chi connectivity index (χ0v) is 8.55. The van der Waals surface area contributed by atoms with Gasteiger partial charge in [-0.2, -0.15) is 0 Å². The van der Waals surface area contributed by atoms with E-state index < -0.39 is 0 Å². The molecule has 0 saturated heterocycles. The summed E-state index contributed by atoms with van der Waals surface area (Å²) in [5.74, 6) is 0. The molecular weight excluding hydrogens is 184 g/mol. The molecule has 0 unspecified atom stereocenters. The summed E-state index contributed by atoms with van der Waals surface area (Å²) >= 11 is 0. The number of nitrogens with zero attached hydrogens (tertiary/aromatic N) is 1. The van der Waals surface area contributed by atoms with Gasteiger partial charge in [-0.1, -0.05) is 12.1 Å². The Balaban J connectivity index is 0.00000144. The number of aryl methyl sites for hydroxylation is 1. The van der Waals surface area contributed by atoms with Gasteiger partial charge in [-0.05, 0) is 25.5 Å². The van der Waals surface area contributed by atoms with E-state index in [9.17, 15) is 0 Å². The van der Waals surface area contributed by atoms with Crippen LogP contribution in [-0.4, -0.2) is 4.98 Å². The molecule has 0 aliphatic heterocycles. The highest BCUT2D eigenvalue weighted by Crippen LogP contribution is 2.11. The Morgan fingerprint density at radius 3 is 2.85 bits per heavy atom. The summed E-state index contributed by atoms with van der Waals surface area (Å²) in [5.41, 5.74) is 7.79. The number of hydrogen-bond donors (Lipinski definition) is 1.